The Morgan fingerprint density at radius 3 is 2.43 bits per heavy atom. The van der Waals surface area contributed by atoms with E-state index in [0.717, 1.165) is 17.2 Å². The minimum Gasteiger partial charge on any atom is -0.481 e. The second-order valence-electron chi connectivity index (χ2n) is 9.73. The van der Waals surface area contributed by atoms with Crippen LogP contribution in [0.15, 0.2) is 36.4 Å². The van der Waals surface area contributed by atoms with E-state index in [1.54, 1.807) is 0 Å². The highest BCUT2D eigenvalue weighted by atomic mass is 35.5. The van der Waals surface area contributed by atoms with E-state index in [4.69, 9.17) is 11.6 Å². The maximum atomic E-state index is 14.3. The number of anilines is 1. The molecular formula is C26H29ClFN3O4. The van der Waals surface area contributed by atoms with Crippen LogP contribution in [-0.2, 0) is 15.0 Å². The van der Waals surface area contributed by atoms with Crippen molar-refractivity contribution in [1.82, 2.24) is 10.2 Å². The number of hydrogen-bond donors (Lipinski definition) is 3. The van der Waals surface area contributed by atoms with E-state index >= 15 is 0 Å². The monoisotopic (exact) mass is 501 g/mol. The number of nitrogens with one attached hydrogen (secondary N) is 2. The molecule has 7 nitrogen and oxygen atoms in total. The number of carbonyl (C=O) groups excluding carboxylic acids is 2. The number of aliphatic carboxylic acids is 1. The molecule has 0 unspecified atom stereocenters. The number of nitrogens with zero attached hydrogens (tertiary/aromatic N) is 1. The van der Waals surface area contributed by atoms with Gasteiger partial charge in [0, 0.05) is 26.2 Å². The normalized spacial score (nSPS) is 21.1. The van der Waals surface area contributed by atoms with Gasteiger partial charge in [0.25, 0.3) is 5.91 Å². The average molecular weight is 502 g/mol. The third-order valence-corrected chi connectivity index (χ3v) is 7.53. The molecule has 1 heterocycles. The Morgan fingerprint density at radius 2 is 1.83 bits per heavy atom. The summed E-state index contributed by atoms with van der Waals surface area (Å²) in [5, 5.41) is 14.3. The molecule has 2 fully saturated rings. The van der Waals surface area contributed by atoms with Crippen LogP contribution in [-0.4, -0.2) is 54.0 Å². The van der Waals surface area contributed by atoms with Crippen LogP contribution in [0.1, 0.15) is 54.1 Å². The molecule has 186 valence electrons. The molecule has 2 aliphatic rings. The van der Waals surface area contributed by atoms with Crippen molar-refractivity contribution in [2.75, 3.05) is 25.5 Å². The summed E-state index contributed by atoms with van der Waals surface area (Å²) in [5.74, 6) is -2.55. The van der Waals surface area contributed by atoms with Crippen molar-refractivity contribution in [2.45, 2.75) is 44.1 Å². The van der Waals surface area contributed by atoms with Gasteiger partial charge in [0.15, 0.2) is 0 Å². The van der Waals surface area contributed by atoms with E-state index in [0.29, 0.717) is 25.9 Å². The Kier molecular flexibility index (Phi) is 6.88. The molecule has 9 heteroatoms. The molecule has 2 aromatic rings. The quantitative estimate of drug-likeness (QED) is 0.532. The molecule has 0 atom stereocenters. The van der Waals surface area contributed by atoms with Crippen LogP contribution in [0, 0.1) is 11.7 Å². The van der Waals surface area contributed by atoms with Crippen LogP contribution in [0.4, 0.5) is 10.1 Å². The number of carboxylic acids is 1. The van der Waals surface area contributed by atoms with Crippen molar-refractivity contribution in [3.8, 4) is 0 Å². The predicted molar refractivity (Wildman–Crippen MR) is 131 cm³/mol. The molecule has 2 aromatic carbocycles. The van der Waals surface area contributed by atoms with Crippen molar-refractivity contribution >= 4 is 35.1 Å². The van der Waals surface area contributed by atoms with Gasteiger partial charge < -0.3 is 15.7 Å². The van der Waals surface area contributed by atoms with E-state index in [2.05, 4.69) is 29.4 Å². The lowest BCUT2D eigenvalue weighted by Gasteiger charge is -2.56. The first-order chi connectivity index (χ1) is 16.6. The van der Waals surface area contributed by atoms with Crippen LogP contribution < -0.4 is 10.6 Å². The van der Waals surface area contributed by atoms with Crippen LogP contribution in [0.2, 0.25) is 5.02 Å². The van der Waals surface area contributed by atoms with Gasteiger partial charge in [-0.1, -0.05) is 49.7 Å². The van der Waals surface area contributed by atoms with Gasteiger partial charge in [-0.2, -0.15) is 0 Å². The van der Waals surface area contributed by atoms with Gasteiger partial charge in [-0.25, -0.2) is 4.39 Å². The molecule has 1 saturated heterocycles. The number of likely N-dealkylation sites (tertiary alicyclic amines) is 1. The summed E-state index contributed by atoms with van der Waals surface area (Å²) in [7, 11) is 1.44. The number of rotatable bonds is 7. The fraction of sp³-hybridized carbons (Fsp3) is 0.423. The summed E-state index contributed by atoms with van der Waals surface area (Å²) in [4.78, 5) is 39.7. The maximum absolute atomic E-state index is 14.3. The van der Waals surface area contributed by atoms with Crippen molar-refractivity contribution in [1.29, 1.82) is 0 Å². The van der Waals surface area contributed by atoms with Crippen molar-refractivity contribution in [3.05, 3.63) is 63.9 Å². The highest BCUT2D eigenvalue weighted by Crippen LogP contribution is 2.45. The van der Waals surface area contributed by atoms with Crippen molar-refractivity contribution in [2.24, 2.45) is 5.92 Å². The van der Waals surface area contributed by atoms with Crippen LogP contribution >= 0.6 is 11.6 Å². The average Bonchev–Trinajstić information content (AvgIpc) is 2.75. The number of carbonyl (C=O) groups is 3. The fourth-order valence-corrected chi connectivity index (χ4v) is 5.24. The molecule has 4 rings (SSSR count). The summed E-state index contributed by atoms with van der Waals surface area (Å²) in [5.41, 5.74) is 1.11. The summed E-state index contributed by atoms with van der Waals surface area (Å²) >= 11 is 5.90. The zero-order valence-corrected chi connectivity index (χ0v) is 20.7. The lowest BCUT2D eigenvalue weighted by molar-refractivity contribution is -0.150. The van der Waals surface area contributed by atoms with Gasteiger partial charge in [0.05, 0.1) is 27.6 Å². The molecule has 35 heavy (non-hydrogen) atoms. The lowest BCUT2D eigenvalue weighted by Crippen LogP contribution is -2.69. The topological polar surface area (TPSA) is 98.7 Å². The molecule has 1 saturated carbocycles. The Bertz CT molecular complexity index is 1170. The first-order valence-electron chi connectivity index (χ1n) is 11.7. The number of halogens is 2. The number of carboxylic acid groups (broad SMARTS) is 1. The zero-order valence-electron chi connectivity index (χ0n) is 19.9. The third kappa shape index (κ3) is 4.52. The van der Waals surface area contributed by atoms with Gasteiger partial charge in [0.2, 0.25) is 5.91 Å². The number of benzene rings is 2. The number of hydrogen-bond acceptors (Lipinski definition) is 4. The van der Waals surface area contributed by atoms with Gasteiger partial charge in [0.1, 0.15) is 5.82 Å². The standard InChI is InChI=1S/C26H29ClFN3O4/c1-14(2)17-6-4-5-7-19(17)26(12-31(13-26)16-8-15(9-16)24(33)34)25(35)30-22-11-21(28)20(27)10-18(22)23(32)29-3/h4-7,10-11,14-16H,8-9,12-13H2,1-3H3,(H,29,32)(H,30,35)(H,33,34). The number of amides is 2. The molecule has 3 N–H and O–H groups in total. The van der Waals surface area contributed by atoms with Gasteiger partial charge in [-0.3, -0.25) is 19.3 Å². The third-order valence-electron chi connectivity index (χ3n) is 7.24. The smallest absolute Gasteiger partial charge is 0.306 e. The Labute approximate surface area is 208 Å². The second-order valence-corrected chi connectivity index (χ2v) is 10.1. The highest BCUT2D eigenvalue weighted by Gasteiger charge is 2.55. The molecule has 1 aliphatic carbocycles. The lowest BCUT2D eigenvalue weighted by atomic mass is 9.67. The van der Waals surface area contributed by atoms with Gasteiger partial charge >= 0.3 is 5.97 Å². The first kappa shape index (κ1) is 25.1. The largest absolute Gasteiger partial charge is 0.481 e. The van der Waals surface area contributed by atoms with E-state index in [1.165, 1.54) is 13.1 Å². The Hall–Kier alpha value is -2.97. The highest BCUT2D eigenvalue weighted by molar-refractivity contribution is 6.31. The molecule has 0 bridgehead atoms. The first-order valence-corrected chi connectivity index (χ1v) is 12.0. The van der Waals surface area contributed by atoms with Gasteiger partial charge in [-0.15, -0.1) is 0 Å². The fourth-order valence-electron chi connectivity index (χ4n) is 5.08. The van der Waals surface area contributed by atoms with E-state index in [-0.39, 0.29) is 40.1 Å². The maximum Gasteiger partial charge on any atom is 0.306 e. The van der Waals surface area contributed by atoms with E-state index < -0.39 is 23.1 Å². The summed E-state index contributed by atoms with van der Waals surface area (Å²) in [6.45, 7) is 4.93. The van der Waals surface area contributed by atoms with Crippen LogP contribution in [0.5, 0.6) is 0 Å². The summed E-state index contributed by atoms with van der Waals surface area (Å²) in [6.07, 6.45) is 1.12. The minimum absolute atomic E-state index is 0.0469. The van der Waals surface area contributed by atoms with E-state index in [1.807, 2.05) is 24.3 Å². The molecule has 0 radical (unpaired) electrons. The second kappa shape index (κ2) is 9.59. The Balaban J connectivity index is 1.67. The van der Waals surface area contributed by atoms with Crippen LogP contribution in [0.25, 0.3) is 0 Å². The van der Waals surface area contributed by atoms with Crippen molar-refractivity contribution in [3.63, 3.8) is 0 Å². The molecule has 1 aliphatic heterocycles. The van der Waals surface area contributed by atoms with Crippen LogP contribution in [0.3, 0.4) is 0 Å². The summed E-state index contributed by atoms with van der Waals surface area (Å²) < 4.78 is 14.3. The molecule has 0 spiro atoms. The molecular weight excluding hydrogens is 473 g/mol. The zero-order chi connectivity index (χ0) is 25.5. The predicted octanol–water partition coefficient (Wildman–Crippen LogP) is 4.02. The van der Waals surface area contributed by atoms with E-state index in [9.17, 15) is 23.9 Å². The molecule has 2 amide bonds. The summed E-state index contributed by atoms with van der Waals surface area (Å²) in [6, 6.07) is 10.1. The van der Waals surface area contributed by atoms with Crippen molar-refractivity contribution < 1.29 is 23.9 Å². The Morgan fingerprint density at radius 1 is 1.17 bits per heavy atom. The van der Waals surface area contributed by atoms with Gasteiger partial charge in [-0.05, 0) is 42.0 Å². The minimum atomic E-state index is -0.925. The molecule has 0 aromatic heterocycles. The SMILES string of the molecule is CNC(=O)c1cc(Cl)c(F)cc1NC(=O)C1(c2ccccc2C(C)C)CN(C2CC(C(=O)O)C2)C1.